The van der Waals surface area contributed by atoms with Gasteiger partial charge in [0, 0.05) is 24.2 Å². The summed E-state index contributed by atoms with van der Waals surface area (Å²) < 4.78 is 31.7. The van der Waals surface area contributed by atoms with Crippen LogP contribution in [-0.4, -0.2) is 18.7 Å². The van der Waals surface area contributed by atoms with E-state index in [2.05, 4.69) is 4.98 Å². The van der Waals surface area contributed by atoms with E-state index in [0.717, 1.165) is 26.8 Å². The van der Waals surface area contributed by atoms with E-state index >= 15 is 0 Å². The van der Waals surface area contributed by atoms with Gasteiger partial charge in [-0.05, 0) is 35.7 Å². The molecule has 0 saturated heterocycles. The van der Waals surface area contributed by atoms with Gasteiger partial charge in [-0.2, -0.15) is 0 Å². The maximum atomic E-state index is 14.6. The summed E-state index contributed by atoms with van der Waals surface area (Å²) in [5, 5.41) is 0.546. The van der Waals surface area contributed by atoms with Crippen LogP contribution in [0.3, 0.4) is 0 Å². The lowest BCUT2D eigenvalue weighted by atomic mass is 10.2. The van der Waals surface area contributed by atoms with Crippen LogP contribution in [0.4, 0.5) is 8.78 Å². The highest BCUT2D eigenvalue weighted by Gasteiger charge is 2.21. The Labute approximate surface area is 181 Å². The van der Waals surface area contributed by atoms with Crippen LogP contribution in [0.15, 0.2) is 58.4 Å². The van der Waals surface area contributed by atoms with E-state index in [1.165, 1.54) is 6.33 Å². The minimum Gasteiger partial charge on any atom is -0.320 e. The number of imidazole rings is 1. The van der Waals surface area contributed by atoms with Crippen molar-refractivity contribution >= 4 is 22.8 Å². The van der Waals surface area contributed by atoms with E-state index in [9.17, 15) is 18.4 Å². The third kappa shape index (κ3) is 3.90. The molecule has 2 heterocycles. The van der Waals surface area contributed by atoms with Crippen molar-refractivity contribution in [1.82, 2.24) is 18.7 Å². The van der Waals surface area contributed by atoms with E-state index in [1.54, 1.807) is 22.8 Å². The molecule has 0 spiro atoms. The van der Waals surface area contributed by atoms with Gasteiger partial charge in [0.2, 0.25) is 0 Å². The number of halogens is 3. The van der Waals surface area contributed by atoms with E-state index in [1.807, 2.05) is 19.9 Å². The molecule has 0 bridgehead atoms. The zero-order valence-electron chi connectivity index (χ0n) is 16.8. The molecule has 4 aromatic rings. The first-order valence-corrected chi connectivity index (χ1v) is 10.0. The largest absolute Gasteiger partial charge is 0.337 e. The molecule has 0 aliphatic carbocycles. The van der Waals surface area contributed by atoms with Gasteiger partial charge < -0.3 is 4.57 Å². The fourth-order valence-corrected chi connectivity index (χ4v) is 3.75. The van der Waals surface area contributed by atoms with Crippen molar-refractivity contribution in [1.29, 1.82) is 0 Å². The van der Waals surface area contributed by atoms with Crippen molar-refractivity contribution in [2.24, 2.45) is 5.92 Å². The summed E-state index contributed by atoms with van der Waals surface area (Å²) in [6.45, 7) is 4.14. The third-order valence-electron chi connectivity index (χ3n) is 4.84. The van der Waals surface area contributed by atoms with Crippen molar-refractivity contribution in [3.63, 3.8) is 0 Å². The first-order chi connectivity index (χ1) is 14.8. The number of fused-ring (bicyclic) bond motifs is 1. The Kier molecular flexibility index (Phi) is 5.49. The normalized spacial score (nSPS) is 11.5. The summed E-state index contributed by atoms with van der Waals surface area (Å²) in [6.07, 6.45) is 1.42. The predicted molar refractivity (Wildman–Crippen MR) is 115 cm³/mol. The lowest BCUT2D eigenvalue weighted by Crippen LogP contribution is -2.41. The molecule has 2 aromatic heterocycles. The molecular formula is C22H19ClF2N4O2. The standard InChI is InChI=1S/C22H19ClF2N4O2/c1-13(2)10-28-21(30)19-20(26-12-27(19)11-14-4-3-5-15(23)8-14)29(22(28)31)18-7-6-16(24)9-17(18)25/h3-9,12-13H,10-11H2,1-2H3. The quantitative estimate of drug-likeness (QED) is 0.467. The number of nitrogens with zero attached hydrogens (tertiary/aromatic N) is 4. The highest BCUT2D eigenvalue weighted by atomic mass is 35.5. The third-order valence-corrected chi connectivity index (χ3v) is 5.08. The molecule has 0 aliphatic rings. The minimum absolute atomic E-state index is 0.00235. The Morgan fingerprint density at radius 2 is 1.87 bits per heavy atom. The predicted octanol–water partition coefficient (Wildman–Crippen LogP) is 3.98. The van der Waals surface area contributed by atoms with Gasteiger partial charge in [0.25, 0.3) is 5.56 Å². The molecule has 0 saturated carbocycles. The van der Waals surface area contributed by atoms with Crippen LogP contribution < -0.4 is 11.2 Å². The average molecular weight is 445 g/mol. The van der Waals surface area contributed by atoms with Crippen LogP contribution in [-0.2, 0) is 13.1 Å². The second kappa shape index (κ2) is 8.11. The van der Waals surface area contributed by atoms with Crippen LogP contribution >= 0.6 is 11.6 Å². The van der Waals surface area contributed by atoms with Crippen molar-refractivity contribution in [2.45, 2.75) is 26.9 Å². The first-order valence-electron chi connectivity index (χ1n) is 9.67. The van der Waals surface area contributed by atoms with Crippen molar-refractivity contribution in [3.05, 3.63) is 91.9 Å². The molecular weight excluding hydrogens is 426 g/mol. The van der Waals surface area contributed by atoms with Crippen molar-refractivity contribution in [3.8, 4) is 5.69 Å². The highest BCUT2D eigenvalue weighted by molar-refractivity contribution is 6.30. The molecule has 0 aliphatic heterocycles. The maximum Gasteiger partial charge on any atom is 0.337 e. The fraction of sp³-hybridized carbons (Fsp3) is 0.227. The topological polar surface area (TPSA) is 61.8 Å². The molecule has 160 valence electrons. The first kappa shape index (κ1) is 21.0. The second-order valence-corrected chi connectivity index (χ2v) is 8.13. The van der Waals surface area contributed by atoms with Crippen LogP contribution in [0.25, 0.3) is 16.9 Å². The van der Waals surface area contributed by atoms with Gasteiger partial charge >= 0.3 is 5.69 Å². The van der Waals surface area contributed by atoms with Crippen LogP contribution in [0.5, 0.6) is 0 Å². The Hall–Kier alpha value is -3.26. The molecule has 0 atom stereocenters. The molecule has 9 heteroatoms. The van der Waals surface area contributed by atoms with Gasteiger partial charge in [-0.15, -0.1) is 0 Å². The summed E-state index contributed by atoms with van der Waals surface area (Å²) in [6, 6.07) is 10.0. The van der Waals surface area contributed by atoms with E-state index in [4.69, 9.17) is 11.6 Å². The molecule has 0 amide bonds. The Morgan fingerprint density at radius 3 is 2.55 bits per heavy atom. The van der Waals surface area contributed by atoms with Crippen molar-refractivity contribution in [2.75, 3.05) is 0 Å². The van der Waals surface area contributed by atoms with Gasteiger partial charge in [0.15, 0.2) is 11.2 Å². The fourth-order valence-electron chi connectivity index (χ4n) is 3.54. The summed E-state index contributed by atoms with van der Waals surface area (Å²) >= 11 is 6.06. The summed E-state index contributed by atoms with van der Waals surface area (Å²) in [5.74, 6) is -1.71. The van der Waals surface area contributed by atoms with E-state index in [0.29, 0.717) is 11.1 Å². The van der Waals surface area contributed by atoms with Gasteiger partial charge in [0.1, 0.15) is 11.6 Å². The minimum atomic E-state index is -0.928. The smallest absolute Gasteiger partial charge is 0.320 e. The number of hydrogen-bond acceptors (Lipinski definition) is 3. The molecule has 0 radical (unpaired) electrons. The second-order valence-electron chi connectivity index (χ2n) is 7.70. The molecule has 4 rings (SSSR count). The summed E-state index contributed by atoms with van der Waals surface area (Å²) in [7, 11) is 0. The zero-order chi connectivity index (χ0) is 22.3. The van der Waals surface area contributed by atoms with Crippen LogP contribution in [0, 0.1) is 17.6 Å². The Bertz CT molecular complexity index is 1410. The Morgan fingerprint density at radius 1 is 1.10 bits per heavy atom. The van der Waals surface area contributed by atoms with Crippen molar-refractivity contribution < 1.29 is 8.78 Å². The Balaban J connectivity index is 2.02. The molecule has 0 N–H and O–H groups in total. The highest BCUT2D eigenvalue weighted by Crippen LogP contribution is 2.19. The van der Waals surface area contributed by atoms with Crippen LogP contribution in [0.2, 0.25) is 5.02 Å². The van der Waals surface area contributed by atoms with Gasteiger partial charge in [-0.1, -0.05) is 37.6 Å². The number of hydrogen-bond donors (Lipinski definition) is 0. The van der Waals surface area contributed by atoms with Crippen LogP contribution in [0.1, 0.15) is 19.4 Å². The monoisotopic (exact) mass is 444 g/mol. The molecule has 31 heavy (non-hydrogen) atoms. The van der Waals surface area contributed by atoms with E-state index in [-0.39, 0.29) is 35.9 Å². The number of rotatable bonds is 5. The van der Waals surface area contributed by atoms with Gasteiger partial charge in [0.05, 0.1) is 12.0 Å². The molecule has 0 fully saturated rings. The molecule has 6 nitrogen and oxygen atoms in total. The SMILES string of the molecule is CC(C)Cn1c(=O)c2c(ncn2Cc2cccc(Cl)c2)n(-c2ccc(F)cc2F)c1=O. The summed E-state index contributed by atoms with van der Waals surface area (Å²) in [4.78, 5) is 30.7. The lowest BCUT2D eigenvalue weighted by molar-refractivity contribution is 0.486. The van der Waals surface area contributed by atoms with Gasteiger partial charge in [-0.3, -0.25) is 9.36 Å². The molecule has 2 aromatic carbocycles. The zero-order valence-corrected chi connectivity index (χ0v) is 17.6. The van der Waals surface area contributed by atoms with Gasteiger partial charge in [-0.25, -0.2) is 23.1 Å². The molecule has 0 unspecified atom stereocenters. The summed E-state index contributed by atoms with van der Waals surface area (Å²) in [5.41, 5.74) is -0.461. The van der Waals surface area contributed by atoms with E-state index < -0.39 is 22.9 Å². The maximum absolute atomic E-state index is 14.6. The lowest BCUT2D eigenvalue weighted by Gasteiger charge is -2.14. The number of benzene rings is 2. The average Bonchev–Trinajstić information content (AvgIpc) is 3.10. The number of aromatic nitrogens is 4.